The van der Waals surface area contributed by atoms with E-state index in [1.165, 1.54) is 115 Å². The second-order valence-corrected chi connectivity index (χ2v) is 16.1. The Balaban J connectivity index is 0.934. The summed E-state index contributed by atoms with van der Waals surface area (Å²) in [6.45, 7) is 0. The smallest absolute Gasteiger partial charge is 0.0541 e. The van der Waals surface area contributed by atoms with Gasteiger partial charge in [0.05, 0.1) is 27.8 Å². The van der Waals surface area contributed by atoms with E-state index < -0.39 is 0 Å². The molecule has 0 aliphatic rings. The van der Waals surface area contributed by atoms with Crippen LogP contribution in [0.15, 0.2) is 218 Å². The SMILES string of the molecule is c1ccc2c(-n3c4ccccc4c4cc(-c5ccc6c(c5)c5ccccc5n6-c5ccc(-c6cc7ccc8ccccc8c7c7ccccc67)cc5)ccc43)cccc2c1. The van der Waals surface area contributed by atoms with Crippen molar-refractivity contribution in [2.24, 2.45) is 0 Å². The van der Waals surface area contributed by atoms with E-state index in [0.29, 0.717) is 0 Å². The fourth-order valence-electron chi connectivity index (χ4n) is 10.2. The van der Waals surface area contributed by atoms with E-state index in [0.717, 1.165) is 5.69 Å². The van der Waals surface area contributed by atoms with Crippen molar-refractivity contribution in [2.75, 3.05) is 0 Å². The van der Waals surface area contributed by atoms with Gasteiger partial charge >= 0.3 is 0 Å². The molecule has 13 aromatic rings. The molecular weight excluding hydrogens is 725 g/mol. The van der Waals surface area contributed by atoms with Crippen molar-refractivity contribution < 1.29 is 0 Å². The second kappa shape index (κ2) is 12.8. The van der Waals surface area contributed by atoms with E-state index in [9.17, 15) is 0 Å². The molecule has 0 saturated carbocycles. The summed E-state index contributed by atoms with van der Waals surface area (Å²) in [7, 11) is 0. The molecule has 60 heavy (non-hydrogen) atoms. The molecule has 11 aromatic carbocycles. The highest BCUT2D eigenvalue weighted by atomic mass is 15.0. The predicted molar refractivity (Wildman–Crippen MR) is 256 cm³/mol. The molecule has 0 radical (unpaired) electrons. The van der Waals surface area contributed by atoms with Crippen LogP contribution in [-0.4, -0.2) is 9.13 Å². The van der Waals surface area contributed by atoms with E-state index in [-0.39, 0.29) is 0 Å². The normalized spacial score (nSPS) is 12.0. The van der Waals surface area contributed by atoms with Gasteiger partial charge in [-0.3, -0.25) is 0 Å². The fraction of sp³-hybridized carbons (Fsp3) is 0. The summed E-state index contributed by atoms with van der Waals surface area (Å²) in [6, 6.07) is 80.5. The van der Waals surface area contributed by atoms with E-state index in [2.05, 4.69) is 228 Å². The minimum absolute atomic E-state index is 1.15. The summed E-state index contributed by atoms with van der Waals surface area (Å²) in [6.07, 6.45) is 0. The van der Waals surface area contributed by atoms with Crippen LogP contribution in [-0.2, 0) is 0 Å². The number of benzene rings is 11. The summed E-state index contributed by atoms with van der Waals surface area (Å²) in [5.41, 5.74) is 12.1. The van der Waals surface area contributed by atoms with Crippen LogP contribution in [0, 0.1) is 0 Å². The summed E-state index contributed by atoms with van der Waals surface area (Å²) < 4.78 is 4.85. The lowest BCUT2D eigenvalue weighted by molar-refractivity contribution is 1.18. The molecule has 0 bridgehead atoms. The number of nitrogens with zero attached hydrogens (tertiary/aromatic N) is 2. The van der Waals surface area contributed by atoms with Crippen molar-refractivity contribution in [3.05, 3.63) is 218 Å². The van der Waals surface area contributed by atoms with Crippen LogP contribution in [0.4, 0.5) is 0 Å². The van der Waals surface area contributed by atoms with Crippen molar-refractivity contribution in [1.29, 1.82) is 0 Å². The molecule has 2 nitrogen and oxygen atoms in total. The third kappa shape index (κ3) is 4.82. The van der Waals surface area contributed by atoms with Gasteiger partial charge in [0.2, 0.25) is 0 Å². The molecule has 0 atom stereocenters. The van der Waals surface area contributed by atoms with Crippen LogP contribution in [0.5, 0.6) is 0 Å². The van der Waals surface area contributed by atoms with Crippen molar-refractivity contribution in [3.63, 3.8) is 0 Å². The Labute approximate surface area is 346 Å². The molecular formula is C58H36N2. The average Bonchev–Trinajstić information content (AvgIpc) is 3.83. The van der Waals surface area contributed by atoms with Crippen LogP contribution < -0.4 is 0 Å². The monoisotopic (exact) mass is 760 g/mol. The molecule has 2 heterocycles. The highest BCUT2D eigenvalue weighted by Crippen LogP contribution is 2.41. The predicted octanol–water partition coefficient (Wildman–Crippen LogP) is 15.8. The number of rotatable bonds is 4. The van der Waals surface area contributed by atoms with E-state index in [1.54, 1.807) is 0 Å². The molecule has 0 fully saturated rings. The van der Waals surface area contributed by atoms with Crippen LogP contribution in [0.2, 0.25) is 0 Å². The zero-order valence-corrected chi connectivity index (χ0v) is 32.7. The Hall–Kier alpha value is -7.94. The van der Waals surface area contributed by atoms with Crippen molar-refractivity contribution >= 4 is 86.7 Å². The molecule has 13 rings (SSSR count). The summed E-state index contributed by atoms with van der Waals surface area (Å²) in [5.74, 6) is 0. The lowest BCUT2D eigenvalue weighted by atomic mass is 9.91. The maximum atomic E-state index is 2.43. The van der Waals surface area contributed by atoms with Crippen LogP contribution in [0.1, 0.15) is 0 Å². The topological polar surface area (TPSA) is 9.86 Å². The number of aromatic nitrogens is 2. The largest absolute Gasteiger partial charge is 0.309 e. The van der Waals surface area contributed by atoms with E-state index >= 15 is 0 Å². The molecule has 0 spiro atoms. The molecule has 278 valence electrons. The van der Waals surface area contributed by atoms with Gasteiger partial charge in [0.1, 0.15) is 0 Å². The molecule has 0 aliphatic carbocycles. The van der Waals surface area contributed by atoms with Gasteiger partial charge in [-0.15, -0.1) is 0 Å². The molecule has 0 unspecified atom stereocenters. The first kappa shape index (κ1) is 33.1. The Kier molecular flexibility index (Phi) is 7.05. The van der Waals surface area contributed by atoms with Crippen molar-refractivity contribution in [2.45, 2.75) is 0 Å². The highest BCUT2D eigenvalue weighted by Gasteiger charge is 2.18. The van der Waals surface area contributed by atoms with Gasteiger partial charge in [-0.05, 0) is 121 Å². The Morgan fingerprint density at radius 1 is 0.250 bits per heavy atom. The summed E-state index contributed by atoms with van der Waals surface area (Å²) in [4.78, 5) is 0. The maximum Gasteiger partial charge on any atom is 0.0541 e. The number of hydrogen-bond acceptors (Lipinski definition) is 0. The fourth-order valence-corrected chi connectivity index (χ4v) is 10.2. The maximum absolute atomic E-state index is 2.43. The van der Waals surface area contributed by atoms with E-state index in [1.807, 2.05) is 0 Å². The Morgan fingerprint density at radius 2 is 0.733 bits per heavy atom. The third-order valence-corrected chi connectivity index (χ3v) is 12.9. The van der Waals surface area contributed by atoms with Gasteiger partial charge < -0.3 is 9.13 Å². The van der Waals surface area contributed by atoms with Crippen molar-refractivity contribution in [3.8, 4) is 33.6 Å². The quantitative estimate of drug-likeness (QED) is 0.158. The van der Waals surface area contributed by atoms with Gasteiger partial charge in [0, 0.05) is 32.6 Å². The lowest BCUT2D eigenvalue weighted by Crippen LogP contribution is -1.95. The molecule has 0 N–H and O–H groups in total. The highest BCUT2D eigenvalue weighted by molar-refractivity contribution is 6.23. The minimum atomic E-state index is 1.15. The molecule has 0 amide bonds. The average molecular weight is 761 g/mol. The van der Waals surface area contributed by atoms with Crippen LogP contribution in [0.3, 0.4) is 0 Å². The molecule has 0 saturated heterocycles. The van der Waals surface area contributed by atoms with Crippen molar-refractivity contribution in [1.82, 2.24) is 9.13 Å². The first-order chi connectivity index (χ1) is 29.8. The zero-order chi connectivity index (χ0) is 39.3. The van der Waals surface area contributed by atoms with Gasteiger partial charge in [-0.25, -0.2) is 0 Å². The van der Waals surface area contributed by atoms with Gasteiger partial charge in [-0.1, -0.05) is 158 Å². The molecule has 0 aliphatic heterocycles. The standard InChI is InChI=1S/C58H36N2/c1-3-15-44-37(12-1)14-11-23-53(44)60-55-22-10-8-19-48(55)52-35-41(29-33-57(52)60)40-28-32-56-51(34-40)47-18-7-9-21-54(47)59(56)43-30-26-39(27-31-43)50-36-42-25-24-38-13-2-4-16-45(38)58(42)49-20-6-5-17-46(49)50/h1-36H. The molecule has 2 aromatic heterocycles. The Bertz CT molecular complexity index is 3880. The zero-order valence-electron chi connectivity index (χ0n) is 32.7. The lowest BCUT2D eigenvalue weighted by Gasteiger charge is -2.14. The third-order valence-electron chi connectivity index (χ3n) is 12.9. The summed E-state index contributed by atoms with van der Waals surface area (Å²) >= 11 is 0. The first-order valence-corrected chi connectivity index (χ1v) is 20.8. The number of fused-ring (bicyclic) bond motifs is 12. The summed E-state index contributed by atoms with van der Waals surface area (Å²) in [5, 5.41) is 15.2. The number of hydrogen-bond donors (Lipinski definition) is 0. The van der Waals surface area contributed by atoms with Gasteiger partial charge in [-0.2, -0.15) is 0 Å². The Morgan fingerprint density at radius 3 is 1.43 bits per heavy atom. The first-order valence-electron chi connectivity index (χ1n) is 20.8. The van der Waals surface area contributed by atoms with Crippen LogP contribution in [0.25, 0.3) is 120 Å². The number of para-hydroxylation sites is 2. The van der Waals surface area contributed by atoms with E-state index in [4.69, 9.17) is 0 Å². The minimum Gasteiger partial charge on any atom is -0.309 e. The molecule has 2 heteroatoms. The van der Waals surface area contributed by atoms with Gasteiger partial charge in [0.25, 0.3) is 0 Å². The van der Waals surface area contributed by atoms with Gasteiger partial charge in [0.15, 0.2) is 0 Å². The van der Waals surface area contributed by atoms with Crippen LogP contribution >= 0.6 is 0 Å². The second-order valence-electron chi connectivity index (χ2n) is 16.1.